The summed E-state index contributed by atoms with van der Waals surface area (Å²) >= 11 is 0. The van der Waals surface area contributed by atoms with Gasteiger partial charge in [0.1, 0.15) is 5.69 Å². The van der Waals surface area contributed by atoms with Gasteiger partial charge in [-0.15, -0.1) is 0 Å². The lowest BCUT2D eigenvalue weighted by Crippen LogP contribution is -2.16. The van der Waals surface area contributed by atoms with E-state index >= 15 is 0 Å². The fourth-order valence-corrected chi connectivity index (χ4v) is 3.51. The first-order chi connectivity index (χ1) is 12.0. The molecule has 0 radical (unpaired) electrons. The number of hydrogen-bond donors (Lipinski definition) is 2. The zero-order valence-electron chi connectivity index (χ0n) is 15.8. The van der Waals surface area contributed by atoms with E-state index in [1.807, 2.05) is 19.9 Å². The highest BCUT2D eigenvalue weighted by Gasteiger charge is 2.26. The Morgan fingerprint density at radius 3 is 2.12 bits per heavy atom. The summed E-state index contributed by atoms with van der Waals surface area (Å²) in [5.41, 5.74) is 6.23. The van der Waals surface area contributed by atoms with Gasteiger partial charge < -0.3 is 15.0 Å². The second-order valence-corrected chi connectivity index (χ2v) is 5.97. The zero-order chi connectivity index (χ0) is 18.6. The molecule has 0 aliphatic carbocycles. The number of allylic oxidation sites excluding steroid dienone is 1. The van der Waals surface area contributed by atoms with Crippen LogP contribution in [0, 0.1) is 0 Å². The minimum absolute atomic E-state index is 0.0171. The molecule has 0 saturated carbocycles. The van der Waals surface area contributed by atoms with E-state index in [4.69, 9.17) is 4.74 Å². The predicted octanol–water partition coefficient (Wildman–Crippen LogP) is 3.90. The number of ether oxygens (including phenoxy) is 1. The van der Waals surface area contributed by atoms with Crippen LogP contribution in [-0.2, 0) is 22.4 Å². The van der Waals surface area contributed by atoms with Crippen molar-refractivity contribution >= 4 is 18.0 Å². The molecule has 1 aliphatic heterocycles. The van der Waals surface area contributed by atoms with Gasteiger partial charge >= 0.3 is 5.97 Å². The van der Waals surface area contributed by atoms with E-state index in [9.17, 15) is 9.59 Å². The molecule has 5 heteroatoms. The molecule has 2 N–H and O–H groups in total. The molecule has 0 bridgehead atoms. The van der Waals surface area contributed by atoms with Crippen molar-refractivity contribution in [3.8, 4) is 0 Å². The number of carbonyl (C=O) groups is 2. The molecule has 1 aromatic heterocycles. The van der Waals surface area contributed by atoms with Crippen LogP contribution < -0.4 is 5.32 Å². The summed E-state index contributed by atoms with van der Waals surface area (Å²) in [6, 6.07) is 0. The SMILES string of the molecule is CCOC(=O)c1[nH]c(/C=C2\NC(=O)C(CC)=C2CC)c(CC)c1CC. The van der Waals surface area contributed by atoms with Crippen LogP contribution in [-0.4, -0.2) is 23.5 Å². The van der Waals surface area contributed by atoms with Crippen molar-refractivity contribution in [3.63, 3.8) is 0 Å². The van der Waals surface area contributed by atoms with Gasteiger partial charge in [-0.25, -0.2) is 4.79 Å². The summed E-state index contributed by atoms with van der Waals surface area (Å²) in [6.45, 7) is 10.3. The third-order valence-corrected chi connectivity index (χ3v) is 4.64. The van der Waals surface area contributed by atoms with E-state index in [-0.39, 0.29) is 11.9 Å². The molecule has 2 rings (SSSR count). The molecule has 0 fully saturated rings. The quantitative estimate of drug-likeness (QED) is 0.737. The van der Waals surface area contributed by atoms with Crippen molar-refractivity contribution in [2.24, 2.45) is 0 Å². The summed E-state index contributed by atoms with van der Waals surface area (Å²) in [4.78, 5) is 27.6. The van der Waals surface area contributed by atoms with Gasteiger partial charge in [-0.3, -0.25) is 4.79 Å². The topological polar surface area (TPSA) is 71.2 Å². The highest BCUT2D eigenvalue weighted by atomic mass is 16.5. The fourth-order valence-electron chi connectivity index (χ4n) is 3.51. The number of aromatic nitrogens is 1. The smallest absolute Gasteiger partial charge is 0.355 e. The van der Waals surface area contributed by atoms with Gasteiger partial charge in [0.15, 0.2) is 0 Å². The minimum atomic E-state index is -0.324. The van der Waals surface area contributed by atoms with Crippen LogP contribution in [0.25, 0.3) is 6.08 Å². The number of H-pyrrole nitrogens is 1. The first kappa shape index (κ1) is 19.0. The van der Waals surface area contributed by atoms with Gasteiger partial charge in [0, 0.05) is 17.0 Å². The maximum atomic E-state index is 12.3. The van der Waals surface area contributed by atoms with Crippen LogP contribution in [0.2, 0.25) is 0 Å². The standard InChI is InChI=1S/C20H28N2O3/c1-6-12-14(8-3)18(20(24)25-10-5)21-16(12)11-17-13(7-2)15(9-4)19(23)22-17/h11,21H,6-10H2,1-5H3,(H,22,23)/b17-11-. The normalized spacial score (nSPS) is 15.9. The number of nitrogens with one attached hydrogen (secondary N) is 2. The zero-order valence-corrected chi connectivity index (χ0v) is 15.8. The van der Waals surface area contributed by atoms with Crippen LogP contribution in [0.1, 0.15) is 74.8 Å². The van der Waals surface area contributed by atoms with Gasteiger partial charge in [0.25, 0.3) is 5.91 Å². The van der Waals surface area contributed by atoms with Crippen molar-refractivity contribution in [2.75, 3.05) is 6.61 Å². The van der Waals surface area contributed by atoms with Crippen molar-refractivity contribution < 1.29 is 14.3 Å². The molecule has 1 aliphatic rings. The Labute approximate surface area is 149 Å². The number of hydrogen-bond acceptors (Lipinski definition) is 3. The van der Waals surface area contributed by atoms with E-state index in [1.54, 1.807) is 6.92 Å². The van der Waals surface area contributed by atoms with Crippen LogP contribution in [0.4, 0.5) is 0 Å². The second kappa shape index (κ2) is 8.19. The van der Waals surface area contributed by atoms with Crippen LogP contribution >= 0.6 is 0 Å². The van der Waals surface area contributed by atoms with Crippen molar-refractivity contribution in [1.82, 2.24) is 10.3 Å². The Kier molecular flexibility index (Phi) is 6.23. The number of amides is 1. The molecule has 0 atom stereocenters. The van der Waals surface area contributed by atoms with Crippen LogP contribution in [0.3, 0.4) is 0 Å². The van der Waals surface area contributed by atoms with E-state index < -0.39 is 0 Å². The molecule has 1 aromatic rings. The van der Waals surface area contributed by atoms with Crippen LogP contribution in [0.15, 0.2) is 16.8 Å². The average Bonchev–Trinajstić information content (AvgIpc) is 3.11. The van der Waals surface area contributed by atoms with E-state index in [2.05, 4.69) is 24.1 Å². The molecule has 2 heterocycles. The summed E-state index contributed by atoms with van der Waals surface area (Å²) in [5.74, 6) is -0.341. The Bertz CT molecular complexity index is 738. The number of carbonyl (C=O) groups excluding carboxylic acids is 2. The number of esters is 1. The third kappa shape index (κ3) is 3.55. The lowest BCUT2D eigenvalue weighted by atomic mass is 10.0. The molecule has 0 aromatic carbocycles. The summed E-state index contributed by atoms with van der Waals surface area (Å²) in [5, 5.41) is 2.97. The van der Waals surface area contributed by atoms with Gasteiger partial charge in [-0.2, -0.15) is 0 Å². The highest BCUT2D eigenvalue weighted by Crippen LogP contribution is 2.30. The maximum Gasteiger partial charge on any atom is 0.355 e. The molecule has 1 amide bonds. The molecule has 0 saturated heterocycles. The average molecular weight is 344 g/mol. The van der Waals surface area contributed by atoms with Gasteiger partial charge in [0.2, 0.25) is 0 Å². The minimum Gasteiger partial charge on any atom is -0.461 e. The summed E-state index contributed by atoms with van der Waals surface area (Å²) in [7, 11) is 0. The van der Waals surface area contributed by atoms with E-state index in [1.165, 1.54) is 0 Å². The van der Waals surface area contributed by atoms with Gasteiger partial charge in [-0.05, 0) is 55.4 Å². The number of rotatable bonds is 7. The monoisotopic (exact) mass is 344 g/mol. The predicted molar refractivity (Wildman–Crippen MR) is 99.2 cm³/mol. The highest BCUT2D eigenvalue weighted by molar-refractivity contribution is 6.01. The second-order valence-electron chi connectivity index (χ2n) is 5.97. The van der Waals surface area contributed by atoms with E-state index in [0.29, 0.717) is 18.7 Å². The molecule has 5 nitrogen and oxygen atoms in total. The Morgan fingerprint density at radius 1 is 0.960 bits per heavy atom. The first-order valence-corrected chi connectivity index (χ1v) is 9.18. The maximum absolute atomic E-state index is 12.3. The Balaban J connectivity index is 2.55. The Hall–Kier alpha value is -2.30. The lowest BCUT2D eigenvalue weighted by Gasteiger charge is -2.05. The fraction of sp³-hybridized carbons (Fsp3) is 0.500. The molecule has 136 valence electrons. The largest absolute Gasteiger partial charge is 0.461 e. The van der Waals surface area contributed by atoms with Gasteiger partial charge in [-0.1, -0.05) is 27.7 Å². The number of aromatic amines is 1. The molecule has 25 heavy (non-hydrogen) atoms. The molecular weight excluding hydrogens is 316 g/mol. The van der Waals surface area contributed by atoms with Crippen LogP contribution in [0.5, 0.6) is 0 Å². The third-order valence-electron chi connectivity index (χ3n) is 4.64. The summed E-state index contributed by atoms with van der Waals surface area (Å²) in [6.07, 6.45) is 5.02. The van der Waals surface area contributed by atoms with Gasteiger partial charge in [0.05, 0.1) is 6.61 Å². The Morgan fingerprint density at radius 2 is 1.60 bits per heavy atom. The van der Waals surface area contributed by atoms with Crippen molar-refractivity contribution in [2.45, 2.75) is 60.3 Å². The van der Waals surface area contributed by atoms with Crippen molar-refractivity contribution in [1.29, 1.82) is 0 Å². The molecule has 0 unspecified atom stereocenters. The van der Waals surface area contributed by atoms with E-state index in [0.717, 1.165) is 52.9 Å². The molecule has 0 spiro atoms. The lowest BCUT2D eigenvalue weighted by molar-refractivity contribution is -0.116. The van der Waals surface area contributed by atoms with Crippen molar-refractivity contribution in [3.05, 3.63) is 39.4 Å². The first-order valence-electron chi connectivity index (χ1n) is 9.18. The summed E-state index contributed by atoms with van der Waals surface area (Å²) < 4.78 is 5.18. The molecular formula is C20H28N2O3.